The van der Waals surface area contributed by atoms with Crippen LogP contribution in [-0.4, -0.2) is 48.0 Å². The lowest BCUT2D eigenvalue weighted by molar-refractivity contribution is -0.0532. The zero-order chi connectivity index (χ0) is 22.7. The number of H-pyrrole nitrogens is 1. The van der Waals surface area contributed by atoms with Gasteiger partial charge >= 0.3 is 6.09 Å². The Kier molecular flexibility index (Phi) is 4.59. The van der Waals surface area contributed by atoms with Gasteiger partial charge in [0.15, 0.2) is 11.5 Å². The second-order valence-electron chi connectivity index (χ2n) is 9.93. The van der Waals surface area contributed by atoms with Gasteiger partial charge in [0.1, 0.15) is 5.60 Å². The van der Waals surface area contributed by atoms with Crippen molar-refractivity contribution in [1.29, 1.82) is 0 Å². The summed E-state index contributed by atoms with van der Waals surface area (Å²) in [5, 5.41) is 1.36. The van der Waals surface area contributed by atoms with Crippen LogP contribution >= 0.6 is 0 Å². The van der Waals surface area contributed by atoms with Crippen LogP contribution in [0.2, 0.25) is 0 Å². The lowest BCUT2D eigenvalue weighted by atomic mass is 9.68. The largest absolute Gasteiger partial charge is 0.454 e. The molecule has 33 heavy (non-hydrogen) atoms. The molecule has 3 N–H and O–H groups in total. The topological polar surface area (TPSA) is 89.8 Å². The third kappa shape index (κ3) is 3.33. The number of ether oxygens (including phenoxy) is 3. The highest BCUT2D eigenvalue weighted by Gasteiger charge is 2.47. The number of benzene rings is 2. The van der Waals surface area contributed by atoms with Crippen molar-refractivity contribution in [3.05, 3.63) is 59.3 Å². The molecule has 1 aromatic heterocycles. The molecule has 4 atom stereocenters. The summed E-state index contributed by atoms with van der Waals surface area (Å²) in [6, 6.07) is 12.9. The molecule has 3 heterocycles. The van der Waals surface area contributed by atoms with E-state index in [2.05, 4.69) is 41.3 Å². The zero-order valence-electron chi connectivity index (χ0n) is 19.0. The molecule has 0 bridgehead atoms. The number of nitrogens with two attached hydrogens (primary N) is 1. The fraction of sp³-hybridized carbons (Fsp3) is 0.423. The van der Waals surface area contributed by atoms with Crippen molar-refractivity contribution in [3.8, 4) is 11.5 Å². The van der Waals surface area contributed by atoms with Crippen LogP contribution in [0.15, 0.2) is 42.6 Å². The molecule has 0 saturated carbocycles. The first kappa shape index (κ1) is 20.4. The molecule has 1 aliphatic carbocycles. The van der Waals surface area contributed by atoms with E-state index in [4.69, 9.17) is 19.9 Å². The summed E-state index contributed by atoms with van der Waals surface area (Å²) in [5.41, 5.74) is 9.85. The SMILES string of the molecule is CN1C[C@H](C(C)(Cc2ccc3c(c2)OCO3)OC(N)=O)C[C@@H]2c3cccc4[nH]cc(c34)C[C@H]21. The number of hydrogen-bond donors (Lipinski definition) is 2. The number of aromatic amines is 1. The molecule has 6 rings (SSSR count). The Morgan fingerprint density at radius 3 is 2.97 bits per heavy atom. The molecule has 1 fully saturated rings. The highest BCUT2D eigenvalue weighted by atomic mass is 16.7. The number of primary amides is 1. The van der Waals surface area contributed by atoms with Gasteiger partial charge in [-0.15, -0.1) is 0 Å². The standard InChI is InChI=1S/C26H29N3O4/c1-26(33-25(27)30,11-15-6-7-22-23(8-15)32-14-31-22)17-10-19-18-4-3-5-20-24(18)16(12-28-20)9-21(19)29(2)13-17/h3-8,12,17,19,21,28H,9-11,13-14H2,1-2H3,(H2,27,30)/t17-,19-,21-,26?/m1/s1. The fourth-order valence-electron chi connectivity index (χ4n) is 6.33. The number of nitrogens with one attached hydrogen (secondary N) is 1. The molecule has 1 unspecified atom stereocenters. The number of rotatable bonds is 4. The van der Waals surface area contributed by atoms with E-state index in [0.717, 1.165) is 36.4 Å². The molecule has 2 aromatic carbocycles. The predicted molar refractivity (Wildman–Crippen MR) is 125 cm³/mol. The Labute approximate surface area is 192 Å². The highest BCUT2D eigenvalue weighted by molar-refractivity contribution is 5.88. The van der Waals surface area contributed by atoms with Gasteiger partial charge in [-0.1, -0.05) is 18.2 Å². The molecule has 3 aliphatic rings. The number of likely N-dealkylation sites (N-methyl/N-ethyl adjacent to an activating group) is 1. The predicted octanol–water partition coefficient (Wildman–Crippen LogP) is 3.95. The van der Waals surface area contributed by atoms with Gasteiger partial charge in [0, 0.05) is 47.9 Å². The molecular weight excluding hydrogens is 418 g/mol. The first-order valence-corrected chi connectivity index (χ1v) is 11.6. The summed E-state index contributed by atoms with van der Waals surface area (Å²) in [6.45, 7) is 3.09. The van der Waals surface area contributed by atoms with Crippen LogP contribution in [0, 0.1) is 5.92 Å². The maximum atomic E-state index is 12.0. The average molecular weight is 448 g/mol. The molecule has 7 nitrogen and oxygen atoms in total. The van der Waals surface area contributed by atoms with Gasteiger partial charge in [-0.2, -0.15) is 0 Å². The quantitative estimate of drug-likeness (QED) is 0.632. The van der Waals surface area contributed by atoms with Crippen molar-refractivity contribution in [3.63, 3.8) is 0 Å². The molecule has 1 amide bonds. The van der Waals surface area contributed by atoms with Crippen molar-refractivity contribution < 1.29 is 19.0 Å². The van der Waals surface area contributed by atoms with Crippen LogP contribution in [0.3, 0.4) is 0 Å². The van der Waals surface area contributed by atoms with Crippen molar-refractivity contribution in [2.24, 2.45) is 11.7 Å². The number of nitrogens with zero attached hydrogens (tertiary/aromatic N) is 1. The van der Waals surface area contributed by atoms with Gasteiger partial charge in [-0.05, 0) is 61.7 Å². The average Bonchev–Trinajstić information content (AvgIpc) is 3.41. The van der Waals surface area contributed by atoms with Gasteiger partial charge in [0.25, 0.3) is 0 Å². The number of hydrogen-bond acceptors (Lipinski definition) is 5. The summed E-state index contributed by atoms with van der Waals surface area (Å²) >= 11 is 0. The highest BCUT2D eigenvalue weighted by Crippen LogP contribution is 2.47. The number of carbonyl (C=O) groups excluding carboxylic acids is 1. The number of amides is 1. The molecule has 7 heteroatoms. The summed E-state index contributed by atoms with van der Waals surface area (Å²) in [4.78, 5) is 17.9. The Hall–Kier alpha value is -3.19. The summed E-state index contributed by atoms with van der Waals surface area (Å²) in [6.07, 6.45) is 3.95. The molecule has 3 aromatic rings. The van der Waals surface area contributed by atoms with Gasteiger partial charge in [0.2, 0.25) is 6.79 Å². The van der Waals surface area contributed by atoms with E-state index in [1.54, 1.807) is 0 Å². The van der Waals surface area contributed by atoms with Gasteiger partial charge in [-0.25, -0.2) is 4.79 Å². The van der Waals surface area contributed by atoms with E-state index >= 15 is 0 Å². The number of likely N-dealkylation sites (tertiary alicyclic amines) is 1. The first-order chi connectivity index (χ1) is 15.9. The van der Waals surface area contributed by atoms with Crippen molar-refractivity contribution in [2.75, 3.05) is 20.4 Å². The van der Waals surface area contributed by atoms with Gasteiger partial charge in [-0.3, -0.25) is 0 Å². The first-order valence-electron chi connectivity index (χ1n) is 11.6. The Morgan fingerprint density at radius 1 is 1.27 bits per heavy atom. The molecule has 0 radical (unpaired) electrons. The summed E-state index contributed by atoms with van der Waals surface area (Å²) in [5.74, 6) is 1.97. The molecule has 1 saturated heterocycles. The summed E-state index contributed by atoms with van der Waals surface area (Å²) in [7, 11) is 2.19. The monoisotopic (exact) mass is 447 g/mol. The Bertz CT molecular complexity index is 1240. The number of carbonyl (C=O) groups is 1. The maximum absolute atomic E-state index is 12.0. The van der Waals surface area contributed by atoms with Crippen molar-refractivity contribution in [2.45, 2.75) is 43.7 Å². The van der Waals surface area contributed by atoms with Crippen LogP contribution in [0.4, 0.5) is 4.79 Å². The number of piperidine rings is 1. The van der Waals surface area contributed by atoms with Crippen LogP contribution in [-0.2, 0) is 17.6 Å². The molecular formula is C26H29N3O4. The van der Waals surface area contributed by atoms with E-state index in [1.807, 2.05) is 25.1 Å². The summed E-state index contributed by atoms with van der Waals surface area (Å²) < 4.78 is 16.9. The van der Waals surface area contributed by atoms with Crippen LogP contribution in [0.1, 0.15) is 36.0 Å². The molecule has 172 valence electrons. The third-order valence-electron chi connectivity index (χ3n) is 7.92. The van der Waals surface area contributed by atoms with Gasteiger partial charge < -0.3 is 29.8 Å². The minimum atomic E-state index is -0.745. The minimum Gasteiger partial charge on any atom is -0.454 e. The van der Waals surface area contributed by atoms with Gasteiger partial charge in [0.05, 0.1) is 0 Å². The van der Waals surface area contributed by atoms with Crippen LogP contribution in [0.5, 0.6) is 11.5 Å². The number of fused-ring (bicyclic) bond motifs is 3. The van der Waals surface area contributed by atoms with E-state index < -0.39 is 11.7 Å². The fourth-order valence-corrected chi connectivity index (χ4v) is 6.33. The Morgan fingerprint density at radius 2 is 2.12 bits per heavy atom. The lowest BCUT2D eigenvalue weighted by Gasteiger charge is -2.50. The second-order valence-corrected chi connectivity index (χ2v) is 9.93. The van der Waals surface area contributed by atoms with E-state index in [0.29, 0.717) is 18.4 Å². The molecule has 2 aliphatic heterocycles. The second kappa shape index (κ2) is 7.42. The molecule has 0 spiro atoms. The Balaban J connectivity index is 1.35. The lowest BCUT2D eigenvalue weighted by Crippen LogP contribution is -2.55. The minimum absolute atomic E-state index is 0.123. The third-order valence-corrected chi connectivity index (χ3v) is 7.92. The zero-order valence-corrected chi connectivity index (χ0v) is 19.0. The maximum Gasteiger partial charge on any atom is 0.405 e. The smallest absolute Gasteiger partial charge is 0.405 e. The van der Waals surface area contributed by atoms with Crippen molar-refractivity contribution in [1.82, 2.24) is 9.88 Å². The van der Waals surface area contributed by atoms with E-state index in [9.17, 15) is 4.79 Å². The van der Waals surface area contributed by atoms with E-state index in [1.165, 1.54) is 22.0 Å². The van der Waals surface area contributed by atoms with Crippen LogP contribution in [0.25, 0.3) is 10.9 Å². The van der Waals surface area contributed by atoms with Crippen LogP contribution < -0.4 is 15.2 Å². The van der Waals surface area contributed by atoms with E-state index in [-0.39, 0.29) is 12.7 Å². The normalized spacial score (nSPS) is 25.5. The van der Waals surface area contributed by atoms with Crippen molar-refractivity contribution >= 4 is 17.0 Å². The number of aromatic nitrogens is 1.